The Morgan fingerprint density at radius 2 is 1.65 bits per heavy atom. The van der Waals surface area contributed by atoms with Crippen molar-refractivity contribution in [1.82, 2.24) is 4.98 Å². The van der Waals surface area contributed by atoms with Crippen molar-refractivity contribution in [2.45, 2.75) is 6.42 Å². The van der Waals surface area contributed by atoms with Gasteiger partial charge in [-0.1, -0.05) is 0 Å². The van der Waals surface area contributed by atoms with Crippen LogP contribution in [0.1, 0.15) is 5.56 Å². The van der Waals surface area contributed by atoms with Crippen LogP contribution in [0.25, 0.3) is 11.1 Å². The maximum absolute atomic E-state index is 11.8. The number of carbonyl (C=O) groups is 1. The van der Waals surface area contributed by atoms with E-state index >= 15 is 0 Å². The number of rotatable bonds is 4. The predicted octanol–water partition coefficient (Wildman–Crippen LogP) is 2.29. The van der Waals surface area contributed by atoms with Crippen molar-refractivity contribution in [3.05, 3.63) is 30.0 Å². The average Bonchev–Trinajstić information content (AvgIpc) is 2.87. The van der Waals surface area contributed by atoms with E-state index in [-0.39, 0.29) is 5.91 Å². The fourth-order valence-corrected chi connectivity index (χ4v) is 2.74. The molecule has 0 unspecified atom stereocenters. The Balaban J connectivity index is 2.09. The number of amides is 1. The third kappa shape index (κ3) is 2.46. The lowest BCUT2D eigenvalue weighted by atomic mass is 10.0. The monoisotopic (exact) mass is 314 g/mol. The normalized spacial score (nSPS) is 13.0. The molecule has 1 aromatic carbocycles. The van der Waals surface area contributed by atoms with Crippen LogP contribution in [-0.4, -0.2) is 39.3 Å². The summed E-state index contributed by atoms with van der Waals surface area (Å²) in [6, 6.07) is 5.71. The van der Waals surface area contributed by atoms with Gasteiger partial charge in [-0.25, -0.2) is 4.98 Å². The van der Waals surface area contributed by atoms with Gasteiger partial charge in [0.2, 0.25) is 11.7 Å². The van der Waals surface area contributed by atoms with Gasteiger partial charge in [-0.3, -0.25) is 9.69 Å². The number of likely N-dealkylation sites (N-methyl/N-ethyl adjacent to an activating group) is 1. The van der Waals surface area contributed by atoms with Gasteiger partial charge in [-0.15, -0.1) is 0 Å². The molecule has 6 heteroatoms. The molecule has 120 valence electrons. The zero-order chi connectivity index (χ0) is 16.6. The molecular formula is C17H18N2O4. The number of pyridine rings is 1. The van der Waals surface area contributed by atoms with Crippen molar-refractivity contribution < 1.29 is 19.0 Å². The number of methoxy groups -OCH3 is 3. The van der Waals surface area contributed by atoms with Gasteiger partial charge in [-0.05, 0) is 23.8 Å². The van der Waals surface area contributed by atoms with Crippen LogP contribution < -0.4 is 19.1 Å². The summed E-state index contributed by atoms with van der Waals surface area (Å²) in [7, 11) is 6.46. The van der Waals surface area contributed by atoms with Crippen molar-refractivity contribution in [3.8, 4) is 28.4 Å². The van der Waals surface area contributed by atoms with E-state index in [1.165, 1.54) is 0 Å². The third-order valence-corrected chi connectivity index (χ3v) is 3.97. The van der Waals surface area contributed by atoms with Gasteiger partial charge >= 0.3 is 0 Å². The van der Waals surface area contributed by atoms with E-state index in [2.05, 4.69) is 4.98 Å². The molecule has 0 saturated heterocycles. The summed E-state index contributed by atoms with van der Waals surface area (Å²) in [6.45, 7) is 0. The number of nitrogens with zero attached hydrogens (tertiary/aromatic N) is 2. The molecule has 1 aromatic heterocycles. The topological polar surface area (TPSA) is 60.9 Å². The maximum atomic E-state index is 11.8. The summed E-state index contributed by atoms with van der Waals surface area (Å²) in [6.07, 6.45) is 2.12. The Bertz CT molecular complexity index is 748. The molecule has 0 N–H and O–H groups in total. The van der Waals surface area contributed by atoms with E-state index in [0.717, 1.165) is 16.7 Å². The summed E-state index contributed by atoms with van der Waals surface area (Å²) in [5.41, 5.74) is 2.70. The van der Waals surface area contributed by atoms with E-state index in [1.807, 2.05) is 18.2 Å². The minimum absolute atomic E-state index is 0.0505. The summed E-state index contributed by atoms with van der Waals surface area (Å²) in [4.78, 5) is 17.8. The minimum atomic E-state index is 0.0505. The summed E-state index contributed by atoms with van der Waals surface area (Å²) in [5.74, 6) is 2.47. The minimum Gasteiger partial charge on any atom is -0.493 e. The molecule has 1 aliphatic heterocycles. The highest BCUT2D eigenvalue weighted by atomic mass is 16.5. The number of benzene rings is 1. The highest BCUT2D eigenvalue weighted by molar-refractivity contribution is 6.00. The molecule has 6 nitrogen and oxygen atoms in total. The van der Waals surface area contributed by atoms with E-state index in [0.29, 0.717) is 29.5 Å². The SMILES string of the molecule is COc1cc(-c2cnc3c(c2)CC(=O)N3C)cc(OC)c1OC. The first-order valence-corrected chi connectivity index (χ1v) is 7.15. The maximum Gasteiger partial charge on any atom is 0.232 e. The molecule has 1 aliphatic rings. The molecule has 3 rings (SSSR count). The molecule has 1 amide bonds. The number of carbonyl (C=O) groups excluding carboxylic acids is 1. The highest BCUT2D eigenvalue weighted by Gasteiger charge is 2.26. The smallest absolute Gasteiger partial charge is 0.232 e. The Hall–Kier alpha value is -2.76. The Labute approximate surface area is 134 Å². The third-order valence-electron chi connectivity index (χ3n) is 3.97. The van der Waals surface area contributed by atoms with Crippen LogP contribution in [0.4, 0.5) is 5.82 Å². The van der Waals surface area contributed by atoms with Crippen LogP contribution in [0.5, 0.6) is 17.2 Å². The number of fused-ring (bicyclic) bond motifs is 1. The van der Waals surface area contributed by atoms with Crippen molar-refractivity contribution in [2.24, 2.45) is 0 Å². The fourth-order valence-electron chi connectivity index (χ4n) is 2.74. The summed E-state index contributed by atoms with van der Waals surface area (Å²) < 4.78 is 16.1. The molecule has 0 spiro atoms. The molecule has 0 radical (unpaired) electrons. The van der Waals surface area contributed by atoms with Crippen molar-refractivity contribution in [1.29, 1.82) is 0 Å². The Morgan fingerprint density at radius 3 is 2.22 bits per heavy atom. The molecule has 0 saturated carbocycles. The van der Waals surface area contributed by atoms with Crippen LogP contribution in [-0.2, 0) is 11.2 Å². The Morgan fingerprint density at radius 1 is 1.00 bits per heavy atom. The number of ether oxygens (including phenoxy) is 3. The summed E-state index contributed by atoms with van der Waals surface area (Å²) >= 11 is 0. The van der Waals surface area contributed by atoms with Gasteiger partial charge in [0.15, 0.2) is 11.5 Å². The van der Waals surface area contributed by atoms with Gasteiger partial charge in [0.1, 0.15) is 5.82 Å². The lowest BCUT2D eigenvalue weighted by Crippen LogP contribution is -2.21. The van der Waals surface area contributed by atoms with Gasteiger partial charge in [-0.2, -0.15) is 0 Å². The van der Waals surface area contributed by atoms with E-state index < -0.39 is 0 Å². The van der Waals surface area contributed by atoms with Gasteiger partial charge in [0.05, 0.1) is 27.8 Å². The van der Waals surface area contributed by atoms with Crippen molar-refractivity contribution >= 4 is 11.7 Å². The number of hydrogen-bond acceptors (Lipinski definition) is 5. The van der Waals surface area contributed by atoms with Crippen LogP contribution in [0.3, 0.4) is 0 Å². The molecule has 0 fully saturated rings. The van der Waals surface area contributed by atoms with Crippen LogP contribution in [0.2, 0.25) is 0 Å². The second-order valence-corrected chi connectivity index (χ2v) is 5.25. The van der Waals surface area contributed by atoms with Crippen molar-refractivity contribution in [3.63, 3.8) is 0 Å². The van der Waals surface area contributed by atoms with Gasteiger partial charge in [0.25, 0.3) is 0 Å². The number of aromatic nitrogens is 1. The molecule has 0 aliphatic carbocycles. The highest BCUT2D eigenvalue weighted by Crippen LogP contribution is 2.41. The van der Waals surface area contributed by atoms with Crippen LogP contribution in [0, 0.1) is 0 Å². The molecule has 23 heavy (non-hydrogen) atoms. The van der Waals surface area contributed by atoms with Crippen LogP contribution in [0.15, 0.2) is 24.4 Å². The van der Waals surface area contributed by atoms with E-state index in [9.17, 15) is 4.79 Å². The number of hydrogen-bond donors (Lipinski definition) is 0. The Kier molecular flexibility index (Phi) is 3.82. The second kappa shape index (κ2) is 5.79. The van der Waals surface area contributed by atoms with Gasteiger partial charge in [0, 0.05) is 24.4 Å². The lowest BCUT2D eigenvalue weighted by molar-refractivity contribution is -0.117. The van der Waals surface area contributed by atoms with Gasteiger partial charge < -0.3 is 14.2 Å². The first-order valence-electron chi connectivity index (χ1n) is 7.15. The molecule has 2 aromatic rings. The quantitative estimate of drug-likeness (QED) is 0.866. The van der Waals surface area contributed by atoms with Crippen molar-refractivity contribution in [2.75, 3.05) is 33.3 Å². The average molecular weight is 314 g/mol. The lowest BCUT2D eigenvalue weighted by Gasteiger charge is -2.14. The second-order valence-electron chi connectivity index (χ2n) is 5.25. The fraction of sp³-hybridized carbons (Fsp3) is 0.294. The first kappa shape index (κ1) is 15.1. The predicted molar refractivity (Wildman–Crippen MR) is 86.4 cm³/mol. The first-order chi connectivity index (χ1) is 11.1. The zero-order valence-corrected chi connectivity index (χ0v) is 13.5. The van der Waals surface area contributed by atoms with Crippen LogP contribution >= 0.6 is 0 Å². The molecular weight excluding hydrogens is 296 g/mol. The van der Waals surface area contributed by atoms with E-state index in [1.54, 1.807) is 39.5 Å². The molecule has 0 atom stereocenters. The summed E-state index contributed by atoms with van der Waals surface area (Å²) in [5, 5.41) is 0. The van der Waals surface area contributed by atoms with E-state index in [4.69, 9.17) is 14.2 Å². The largest absolute Gasteiger partial charge is 0.493 e. The number of anilines is 1. The zero-order valence-electron chi connectivity index (χ0n) is 13.5. The standard InChI is InChI=1S/C17H18N2O4/c1-19-15(20)8-11-5-12(9-18-17(11)19)10-6-13(21-2)16(23-4)14(7-10)22-3/h5-7,9H,8H2,1-4H3. The molecule has 2 heterocycles. The molecule has 0 bridgehead atoms.